The number of rotatable bonds is 26. The van der Waals surface area contributed by atoms with Crippen LogP contribution in [0.3, 0.4) is 0 Å². The number of hydrogen-bond donors (Lipinski definition) is 17. The first kappa shape index (κ1) is 89.0. The molecule has 0 aromatic rings. The van der Waals surface area contributed by atoms with Gasteiger partial charge in [-0.3, -0.25) is 9.59 Å². The van der Waals surface area contributed by atoms with Crippen molar-refractivity contribution in [1.82, 2.24) is 5.32 Å². The van der Waals surface area contributed by atoms with Gasteiger partial charge in [-0.25, -0.2) is 0 Å². The molecule has 1 amide bonds. The van der Waals surface area contributed by atoms with E-state index in [0.29, 0.717) is 44.9 Å². The highest BCUT2D eigenvalue weighted by molar-refractivity contribution is 5.80. The molecule has 6 aliphatic heterocycles. The Morgan fingerprint density at radius 3 is 1.69 bits per heavy atom. The van der Waals surface area contributed by atoms with Crippen molar-refractivity contribution in [1.29, 1.82) is 0 Å². The summed E-state index contributed by atoms with van der Waals surface area (Å²) in [6.45, 7) is 13.2. The van der Waals surface area contributed by atoms with E-state index >= 15 is 4.79 Å². The Bertz CT molecular complexity index is 3090. The Morgan fingerprint density at radius 2 is 1.08 bits per heavy atom. The monoisotopic (exact) mass is 1580 g/mol. The van der Waals surface area contributed by atoms with Crippen molar-refractivity contribution in [2.24, 2.45) is 50.2 Å². The second-order valence-corrected chi connectivity index (χ2v) is 34.6. The molecule has 630 valence electrons. The summed E-state index contributed by atoms with van der Waals surface area (Å²) < 4.78 is 73.6. The maximum Gasteiger partial charge on any atom is 0.373 e. The largest absolute Gasteiger partial charge is 0.432 e. The summed E-state index contributed by atoms with van der Waals surface area (Å²) in [5, 5.41) is 181. The highest BCUT2D eigenvalue weighted by Gasteiger charge is 2.73. The van der Waals surface area contributed by atoms with Gasteiger partial charge in [0.05, 0.1) is 62.8 Å². The van der Waals surface area contributed by atoms with Gasteiger partial charge in [0.2, 0.25) is 12.2 Å². The molecule has 11 aliphatic rings. The third-order valence-electron chi connectivity index (χ3n) is 27.3. The number of ether oxygens (including phenoxy) is 12. The van der Waals surface area contributed by atoms with Crippen molar-refractivity contribution in [2.45, 2.75) is 355 Å². The second-order valence-electron chi connectivity index (χ2n) is 34.6. The maximum atomic E-state index is 16.1. The number of allylic oxidation sites excluding steroid dienone is 2. The summed E-state index contributed by atoms with van der Waals surface area (Å²) in [6.07, 6.45) is -30.4. The molecule has 0 bridgehead atoms. The third kappa shape index (κ3) is 17.3. The normalized spacial score (nSPS) is 48.6. The molecule has 6 saturated heterocycles. The molecule has 11 rings (SSSR count). The molecule has 34 nitrogen and oxygen atoms in total. The molecule has 0 spiro atoms. The van der Waals surface area contributed by atoms with Gasteiger partial charge in [-0.15, -0.1) is 0 Å². The fourth-order valence-electron chi connectivity index (χ4n) is 20.6. The number of hydrogen-bond acceptors (Lipinski definition) is 33. The van der Waals surface area contributed by atoms with Crippen molar-refractivity contribution >= 4 is 24.3 Å². The molecule has 0 radical (unpaired) electrons. The van der Waals surface area contributed by atoms with Crippen LogP contribution in [0.5, 0.6) is 0 Å². The van der Waals surface area contributed by atoms with E-state index in [1.54, 1.807) is 0 Å². The van der Waals surface area contributed by atoms with Crippen LogP contribution in [0.1, 0.15) is 177 Å². The first-order valence-electron chi connectivity index (χ1n) is 39.5. The molecule has 0 aromatic carbocycles. The van der Waals surface area contributed by atoms with E-state index in [9.17, 15) is 91.3 Å². The van der Waals surface area contributed by atoms with Crippen molar-refractivity contribution < 1.29 is 163 Å². The standard InChI is InChI=1S/C75H123NO31.CO2/c1-9-10-11-12-13-14-15-16-17-18-47(84)76-48-41(29-77)100-68(61(52(48)88)105-65-58(94)54(90)59(35(2)99-65)103-63-55(91)49(85)38(80)31-96-63)107-69(95)75-26-25-70(3,4)27-37(75)36-19-20-44-71(5)23-22-46(72(6,34-79)43(71)21-24-73(44,7)74(36,8)28-45(75)83)102-67-62(106-66-57(93)53(89)51(87)42(30-78)101-66)60(40(82)33-98-67)104-64-56(92)50(86)39(81)32-97-64;2-1-3/h19,34-35,37-46,48-68,77-78,80-83,85-94H,9-18,20-33H2,1-8H3,(H,76,84);/t35?,37?,38-,39-,40-,41?,42?,43-,44?,45?,46+,48+,49?,50+,51+,52?,53+,54?,55-,56?,57?,58+,59+,60+,61-,62?,63+,64+,65+,66+,67+,68+,71?,72-,73+,74-,75-;/m1./s1. The average molecular weight is 1580 g/mol. The summed E-state index contributed by atoms with van der Waals surface area (Å²) in [7, 11) is 0. The average Bonchev–Trinajstić information content (AvgIpc) is 0.670. The molecule has 17 N–H and O–H groups in total. The number of fused-ring (bicyclic) bond motifs is 7. The minimum absolute atomic E-state index is 0.0684. The fourth-order valence-corrected chi connectivity index (χ4v) is 20.6. The van der Waals surface area contributed by atoms with Gasteiger partial charge in [-0.1, -0.05) is 111 Å². The lowest BCUT2D eigenvalue weighted by molar-refractivity contribution is -0.384. The molecule has 37 atom stereocenters. The number of unbranched alkanes of at least 4 members (excludes halogenated alkanes) is 8. The number of amides is 1. The SMILES string of the molecule is CCCCCCCCCCCC(=O)N[C@H]1C(CO)O[C@@H](OC(=O)[C@]23CCC(C)(C)CC2C2=CCC4C5(C)CC[C@H](O[C@@H]6OC[C@@H](O)[C@H](O[C@@H]7OC[C@@H](O)[C@H](O)C7O)C6O[C@@H]6OC(CO)[C@H](O)[C@H](O)C6O)[C@](C)(C=O)[C@@H]5CC[C@]4(C)[C@]2(C)CC3O)[C@H](O[C@@H]2OC(C)[C@H](O[C@@H]3OC[C@@H](O)C(O)[C@H]3O)C(O)[C@@H]2O)C1O.O=C=O. The highest BCUT2D eigenvalue weighted by atomic mass is 16.8. The van der Waals surface area contributed by atoms with E-state index in [4.69, 9.17) is 66.4 Å². The summed E-state index contributed by atoms with van der Waals surface area (Å²) in [4.78, 5) is 60.3. The van der Waals surface area contributed by atoms with Gasteiger partial charge in [-0.2, -0.15) is 9.59 Å². The molecule has 10 fully saturated rings. The smallest absolute Gasteiger partial charge is 0.373 e. The number of aliphatic hydroxyl groups excluding tert-OH is 16. The van der Waals surface area contributed by atoms with Crippen LogP contribution in [0.25, 0.3) is 0 Å². The van der Waals surface area contributed by atoms with Crippen LogP contribution < -0.4 is 5.32 Å². The highest BCUT2D eigenvalue weighted by Crippen LogP contribution is 2.76. The Balaban J connectivity index is 0.00000422. The number of aldehydes is 1. The van der Waals surface area contributed by atoms with Crippen LogP contribution in [0, 0.1) is 50.2 Å². The summed E-state index contributed by atoms with van der Waals surface area (Å²) >= 11 is 0. The van der Waals surface area contributed by atoms with Crippen LogP contribution in [0.15, 0.2) is 11.6 Å². The summed E-state index contributed by atoms with van der Waals surface area (Å²) in [5.41, 5.74) is -4.40. The Morgan fingerprint density at radius 1 is 0.545 bits per heavy atom. The summed E-state index contributed by atoms with van der Waals surface area (Å²) in [6, 6.07) is -1.40. The molecular weight excluding hydrogens is 1450 g/mol. The van der Waals surface area contributed by atoms with Gasteiger partial charge in [0.15, 0.2) is 37.6 Å². The Hall–Kier alpha value is -3.35. The van der Waals surface area contributed by atoms with Gasteiger partial charge < -0.3 is 149 Å². The first-order valence-corrected chi connectivity index (χ1v) is 39.5. The lowest BCUT2D eigenvalue weighted by Gasteiger charge is -2.71. The van der Waals surface area contributed by atoms with Crippen LogP contribution in [-0.2, 0) is 80.8 Å². The minimum Gasteiger partial charge on any atom is -0.432 e. The molecule has 110 heavy (non-hydrogen) atoms. The van der Waals surface area contributed by atoms with Crippen molar-refractivity contribution in [3.8, 4) is 0 Å². The fraction of sp³-hybridized carbons (Fsp3) is 0.921. The Labute approximate surface area is 640 Å². The quantitative estimate of drug-likeness (QED) is 0.0149. The van der Waals surface area contributed by atoms with E-state index in [-0.39, 0.29) is 49.1 Å². The molecular formula is C76H123NO33. The summed E-state index contributed by atoms with van der Waals surface area (Å²) in [5.74, 6) is -2.56. The van der Waals surface area contributed by atoms with Crippen molar-refractivity contribution in [3.63, 3.8) is 0 Å². The minimum atomic E-state index is -2.00. The van der Waals surface area contributed by atoms with Crippen molar-refractivity contribution in [2.75, 3.05) is 33.0 Å². The predicted molar refractivity (Wildman–Crippen MR) is 373 cm³/mol. The van der Waals surface area contributed by atoms with Gasteiger partial charge in [-0.05, 0) is 111 Å². The van der Waals surface area contributed by atoms with E-state index in [1.165, 1.54) is 19.8 Å². The predicted octanol–water partition coefficient (Wildman–Crippen LogP) is -1.83. The van der Waals surface area contributed by atoms with E-state index < -0.39 is 256 Å². The Kier molecular flexibility index (Phi) is 29.7. The number of carbonyl (C=O) groups excluding carboxylic acids is 5. The van der Waals surface area contributed by atoms with Gasteiger partial charge in [0.25, 0.3) is 0 Å². The molecule has 5 aliphatic carbocycles. The van der Waals surface area contributed by atoms with E-state index in [0.717, 1.165) is 50.4 Å². The topological polar surface area (TPSA) is 532 Å². The van der Waals surface area contributed by atoms with Crippen LogP contribution in [-0.4, -0.2) is 317 Å². The molecule has 34 heteroatoms. The first-order chi connectivity index (χ1) is 52.0. The second kappa shape index (κ2) is 36.7. The molecule has 4 saturated carbocycles. The van der Waals surface area contributed by atoms with Crippen LogP contribution in [0.4, 0.5) is 0 Å². The van der Waals surface area contributed by atoms with E-state index in [1.807, 2.05) is 6.92 Å². The van der Waals surface area contributed by atoms with Gasteiger partial charge >= 0.3 is 12.1 Å². The molecule has 13 unspecified atom stereocenters. The van der Waals surface area contributed by atoms with Gasteiger partial charge in [0.1, 0.15) is 122 Å². The van der Waals surface area contributed by atoms with Crippen molar-refractivity contribution in [3.05, 3.63) is 11.6 Å². The molecule has 0 aromatic heterocycles. The van der Waals surface area contributed by atoms with Gasteiger partial charge in [0, 0.05) is 6.42 Å². The van der Waals surface area contributed by atoms with Crippen LogP contribution in [0.2, 0.25) is 0 Å². The van der Waals surface area contributed by atoms with Crippen LogP contribution >= 0.6 is 0 Å². The number of nitrogens with one attached hydrogen (secondary N) is 1. The zero-order valence-electron chi connectivity index (χ0n) is 64.2. The molecule has 6 heterocycles. The number of aliphatic hydroxyl groups is 16. The maximum absolute atomic E-state index is 16.1. The zero-order valence-corrected chi connectivity index (χ0v) is 64.2. The van der Waals surface area contributed by atoms with E-state index in [2.05, 4.69) is 52.9 Å². The lowest BCUT2D eigenvalue weighted by atomic mass is 9.33. The number of esters is 1. The zero-order chi connectivity index (χ0) is 80.5. The third-order valence-corrected chi connectivity index (χ3v) is 27.3. The number of carbonyl (C=O) groups is 3. The lowest BCUT2D eigenvalue weighted by Crippen LogP contribution is -2.70.